The minimum atomic E-state index is -1.39. The fraction of sp³-hybridized carbons (Fsp3) is 0.143. The van der Waals surface area contributed by atoms with Crippen LogP contribution in [0.15, 0.2) is 89.7 Å². The molecule has 11 nitrogen and oxygen atoms in total. The second kappa shape index (κ2) is 14.6. The van der Waals surface area contributed by atoms with Crippen LogP contribution in [0.4, 0.5) is 20.2 Å². The van der Waals surface area contributed by atoms with E-state index in [1.807, 2.05) is 0 Å². The number of carbonyl (C=O) groups is 3. The quantitative estimate of drug-likeness (QED) is 0.0728. The topological polar surface area (TPSA) is 150 Å². The fourth-order valence-electron chi connectivity index (χ4n) is 3.47. The van der Waals surface area contributed by atoms with Crippen molar-refractivity contribution in [2.45, 2.75) is 6.92 Å². The average Bonchev–Trinajstić information content (AvgIpc) is 2.95. The van der Waals surface area contributed by atoms with Crippen molar-refractivity contribution < 1.29 is 32.5 Å². The molecule has 1 atom stereocenters. The van der Waals surface area contributed by atoms with E-state index < -0.39 is 40.4 Å². The number of hydrogen-bond acceptors (Lipinski definition) is 9. The van der Waals surface area contributed by atoms with Crippen molar-refractivity contribution in [3.63, 3.8) is 0 Å². The van der Waals surface area contributed by atoms with Crippen LogP contribution in [0.2, 0.25) is 0 Å². The number of allylic oxidation sites excluding steroid dienone is 2. The number of dihydropyridines is 1. The number of imide groups is 1. The van der Waals surface area contributed by atoms with E-state index in [1.165, 1.54) is 60.0 Å². The molecule has 42 heavy (non-hydrogen) atoms. The average molecular weight is 599 g/mol. The number of carbonyl (C=O) groups excluding carboxylic acids is 3. The second-order valence-corrected chi connectivity index (χ2v) is 9.74. The van der Waals surface area contributed by atoms with Gasteiger partial charge in [0.15, 0.2) is 17.3 Å². The molecule has 0 saturated carbocycles. The zero-order valence-corrected chi connectivity index (χ0v) is 23.6. The first-order chi connectivity index (χ1) is 20.1. The third kappa shape index (κ3) is 8.28. The molecule has 1 unspecified atom stereocenters. The highest BCUT2D eigenvalue weighted by atomic mass is 32.2. The van der Waals surface area contributed by atoms with Crippen molar-refractivity contribution in [2.75, 3.05) is 30.1 Å². The van der Waals surface area contributed by atoms with E-state index in [0.29, 0.717) is 22.8 Å². The first-order valence-electron chi connectivity index (χ1n) is 12.3. The van der Waals surface area contributed by atoms with Crippen LogP contribution in [0.1, 0.15) is 6.92 Å². The maximum Gasteiger partial charge on any atom is 0.271 e. The van der Waals surface area contributed by atoms with Crippen molar-refractivity contribution in [3.8, 4) is 5.75 Å². The summed E-state index contributed by atoms with van der Waals surface area (Å²) in [5.74, 6) is -3.45. The van der Waals surface area contributed by atoms with E-state index in [0.717, 1.165) is 24.4 Å². The van der Waals surface area contributed by atoms with Gasteiger partial charge in [-0.25, -0.2) is 18.4 Å². The smallest absolute Gasteiger partial charge is 0.271 e. The fourth-order valence-corrected chi connectivity index (χ4v) is 3.92. The van der Waals surface area contributed by atoms with E-state index in [-0.39, 0.29) is 29.3 Å². The third-order valence-corrected chi connectivity index (χ3v) is 6.13. The highest BCUT2D eigenvalue weighted by Gasteiger charge is 2.26. The Morgan fingerprint density at radius 1 is 1.19 bits per heavy atom. The van der Waals surface area contributed by atoms with E-state index >= 15 is 4.39 Å². The van der Waals surface area contributed by atoms with Gasteiger partial charge in [0, 0.05) is 50.0 Å². The summed E-state index contributed by atoms with van der Waals surface area (Å²) in [5, 5.41) is 12.6. The Balaban J connectivity index is 1.85. The molecule has 14 heteroatoms. The van der Waals surface area contributed by atoms with Gasteiger partial charge >= 0.3 is 0 Å². The molecule has 3 amide bonds. The third-order valence-electron chi connectivity index (χ3n) is 5.61. The van der Waals surface area contributed by atoms with Gasteiger partial charge in [-0.1, -0.05) is 0 Å². The molecule has 2 aromatic carbocycles. The van der Waals surface area contributed by atoms with Crippen LogP contribution in [0.5, 0.6) is 5.75 Å². The largest absolute Gasteiger partial charge is 0.593 e. The number of anilines is 2. The summed E-state index contributed by atoms with van der Waals surface area (Å²) in [4.78, 5) is 40.4. The number of halogens is 2. The van der Waals surface area contributed by atoms with E-state index in [4.69, 9.17) is 10.1 Å². The molecule has 1 heterocycles. The van der Waals surface area contributed by atoms with Crippen LogP contribution in [0.3, 0.4) is 0 Å². The highest BCUT2D eigenvalue weighted by Crippen LogP contribution is 2.27. The standard InChI is InChI=1S/C28H28F2N6O5S/c1-4-35(2)16-22(28(39)36(17-37)21-8-5-18(29)6-9-21)27(38)33-19-7-10-25(23(30)13-19)41-26-14-20(34-42(3)40)15-32-24(26)11-12-31/h5-17,31-32,34H,4H2,1-3H3,(H,33,38)/b22-16-,24-11-,31-12?. The summed E-state index contributed by atoms with van der Waals surface area (Å²) >= 11 is -1.39. The van der Waals surface area contributed by atoms with Crippen molar-refractivity contribution >= 4 is 47.2 Å². The molecule has 0 spiro atoms. The van der Waals surface area contributed by atoms with Gasteiger partial charge < -0.3 is 30.2 Å². The Labute approximate surface area is 244 Å². The number of amides is 3. The monoisotopic (exact) mass is 598 g/mol. The Morgan fingerprint density at radius 3 is 2.50 bits per heavy atom. The molecule has 220 valence electrons. The number of nitrogens with zero attached hydrogens (tertiary/aromatic N) is 2. The molecule has 0 aliphatic carbocycles. The second-order valence-electron chi connectivity index (χ2n) is 8.63. The van der Waals surface area contributed by atoms with Gasteiger partial charge in [0.25, 0.3) is 11.8 Å². The van der Waals surface area contributed by atoms with Crippen LogP contribution in [-0.4, -0.2) is 53.7 Å². The summed E-state index contributed by atoms with van der Waals surface area (Å²) < 4.78 is 48.4. The lowest BCUT2D eigenvalue weighted by Gasteiger charge is -2.20. The minimum absolute atomic E-state index is 0.0169. The molecular weight excluding hydrogens is 570 g/mol. The van der Waals surface area contributed by atoms with E-state index in [2.05, 4.69) is 15.4 Å². The SMILES string of the molecule is CCN(C)/C=C(/C(=O)Nc1ccc(OC2=CC(N[S+](C)[O-])=CN/C2=C\C=N)c(F)c1)C(=O)N(C=O)c1ccc(F)cc1. The first kappa shape index (κ1) is 31.6. The van der Waals surface area contributed by atoms with Gasteiger partial charge in [0.1, 0.15) is 23.3 Å². The molecular formula is C28H28F2N6O5S. The summed E-state index contributed by atoms with van der Waals surface area (Å²) in [6, 6.07) is 8.12. The Hall–Kier alpha value is -4.95. The molecule has 0 bridgehead atoms. The summed E-state index contributed by atoms with van der Waals surface area (Å²) in [6.45, 7) is 2.20. The van der Waals surface area contributed by atoms with Crippen LogP contribution in [0.25, 0.3) is 0 Å². The van der Waals surface area contributed by atoms with Crippen LogP contribution >= 0.6 is 0 Å². The predicted octanol–water partition coefficient (Wildman–Crippen LogP) is 3.05. The molecule has 3 rings (SSSR count). The highest BCUT2D eigenvalue weighted by molar-refractivity contribution is 7.88. The Morgan fingerprint density at radius 2 is 1.90 bits per heavy atom. The normalized spacial score (nSPS) is 14.5. The van der Waals surface area contributed by atoms with E-state index in [9.17, 15) is 23.3 Å². The zero-order valence-electron chi connectivity index (χ0n) is 22.8. The molecule has 4 N–H and O–H groups in total. The molecule has 1 aliphatic rings. The number of benzene rings is 2. The molecule has 0 saturated heterocycles. The van der Waals surface area contributed by atoms with Crippen LogP contribution in [0, 0.1) is 17.0 Å². The van der Waals surface area contributed by atoms with E-state index in [1.54, 1.807) is 14.0 Å². The van der Waals surface area contributed by atoms with Gasteiger partial charge in [-0.3, -0.25) is 14.4 Å². The lowest BCUT2D eigenvalue weighted by atomic mass is 10.2. The number of nitrogens with one attached hydrogen (secondary N) is 4. The summed E-state index contributed by atoms with van der Waals surface area (Å²) in [7, 11) is 1.61. The van der Waals surface area contributed by atoms with Crippen LogP contribution < -0.4 is 25.0 Å². The van der Waals surface area contributed by atoms with Crippen molar-refractivity contribution in [3.05, 3.63) is 101 Å². The van der Waals surface area contributed by atoms with Gasteiger partial charge in [-0.15, -0.1) is 0 Å². The molecule has 2 aromatic rings. The van der Waals surface area contributed by atoms with Gasteiger partial charge in [0.05, 0.1) is 22.7 Å². The Kier molecular flexibility index (Phi) is 11.0. The van der Waals surface area contributed by atoms with Gasteiger partial charge in [0.2, 0.25) is 6.41 Å². The molecule has 0 fully saturated rings. The van der Waals surface area contributed by atoms with Crippen LogP contribution in [-0.2, 0) is 25.7 Å². The van der Waals surface area contributed by atoms with Crippen molar-refractivity contribution in [2.24, 2.45) is 0 Å². The van der Waals surface area contributed by atoms with Crippen molar-refractivity contribution in [1.82, 2.24) is 14.9 Å². The summed E-state index contributed by atoms with van der Waals surface area (Å²) in [5.41, 5.74) is 0.322. The number of hydrogen-bond donors (Lipinski definition) is 4. The molecule has 1 aliphatic heterocycles. The molecule has 0 aromatic heterocycles. The van der Waals surface area contributed by atoms with Gasteiger partial charge in [-0.2, -0.15) is 0 Å². The first-order valence-corrected chi connectivity index (χ1v) is 13.9. The predicted molar refractivity (Wildman–Crippen MR) is 155 cm³/mol. The Bertz CT molecular complexity index is 1470. The van der Waals surface area contributed by atoms with Gasteiger partial charge in [-0.05, 0) is 49.4 Å². The number of ether oxygens (including phenoxy) is 1. The minimum Gasteiger partial charge on any atom is -0.593 e. The lowest BCUT2D eigenvalue weighted by Crippen LogP contribution is -2.36. The number of rotatable bonds is 12. The maximum absolute atomic E-state index is 15.1. The maximum atomic E-state index is 15.1. The molecule has 0 radical (unpaired) electrons. The lowest BCUT2D eigenvalue weighted by molar-refractivity contribution is -0.121. The zero-order chi connectivity index (χ0) is 30.8. The summed E-state index contributed by atoms with van der Waals surface area (Å²) in [6.07, 6.45) is 8.23. The van der Waals surface area contributed by atoms with Crippen molar-refractivity contribution in [1.29, 1.82) is 5.41 Å².